The smallest absolute Gasteiger partial charge is 0.240 e. The fourth-order valence-corrected chi connectivity index (χ4v) is 4.69. The zero-order chi connectivity index (χ0) is 20.7. The molecule has 7 heteroatoms. The minimum atomic E-state index is -3.54. The van der Waals surface area contributed by atoms with Gasteiger partial charge in [-0.25, -0.2) is 13.1 Å². The molecule has 3 rings (SSSR count). The molecule has 0 spiro atoms. The summed E-state index contributed by atoms with van der Waals surface area (Å²) < 4.78 is 27.8. The number of sulfonamides is 1. The summed E-state index contributed by atoms with van der Waals surface area (Å²) in [5.74, 6) is 0.172. The van der Waals surface area contributed by atoms with Gasteiger partial charge in [-0.3, -0.25) is 4.79 Å². The van der Waals surface area contributed by atoms with Crippen LogP contribution in [0.3, 0.4) is 0 Å². The zero-order valence-electron chi connectivity index (χ0n) is 16.8. The minimum absolute atomic E-state index is 0.186. The normalized spacial score (nSPS) is 15.9. The number of nitrogens with one attached hydrogen (secondary N) is 2. The SMILES string of the molecule is CC(=O)Nc1ccc(S(=O)(=O)NCC2CCN(CCc3ccccc3)CC2)cc1. The van der Waals surface area contributed by atoms with E-state index in [4.69, 9.17) is 0 Å². The second kappa shape index (κ2) is 10.0. The molecule has 1 amide bonds. The number of anilines is 1. The van der Waals surface area contributed by atoms with E-state index in [9.17, 15) is 13.2 Å². The average Bonchev–Trinajstić information content (AvgIpc) is 2.72. The van der Waals surface area contributed by atoms with Crippen LogP contribution in [0.4, 0.5) is 5.69 Å². The Balaban J connectivity index is 1.42. The van der Waals surface area contributed by atoms with Gasteiger partial charge in [0.2, 0.25) is 15.9 Å². The lowest BCUT2D eigenvalue weighted by atomic mass is 9.97. The lowest BCUT2D eigenvalue weighted by Crippen LogP contribution is -2.39. The molecule has 0 unspecified atom stereocenters. The van der Waals surface area contributed by atoms with E-state index in [-0.39, 0.29) is 10.8 Å². The van der Waals surface area contributed by atoms with Crippen LogP contribution in [0.2, 0.25) is 0 Å². The second-order valence-corrected chi connectivity index (χ2v) is 9.35. The van der Waals surface area contributed by atoms with E-state index in [1.165, 1.54) is 24.6 Å². The molecule has 2 N–H and O–H groups in total. The number of hydrogen-bond donors (Lipinski definition) is 2. The standard InChI is InChI=1S/C22H29N3O3S/c1-18(26)24-21-7-9-22(10-8-21)29(27,28)23-17-20-12-15-25(16-13-20)14-11-19-5-3-2-4-6-19/h2-10,20,23H,11-17H2,1H3,(H,24,26). The van der Waals surface area contributed by atoms with Crippen molar-refractivity contribution in [1.29, 1.82) is 0 Å². The van der Waals surface area contributed by atoms with Crippen molar-refractivity contribution in [2.24, 2.45) is 5.92 Å². The van der Waals surface area contributed by atoms with E-state index < -0.39 is 10.0 Å². The summed E-state index contributed by atoms with van der Waals surface area (Å²) in [5, 5.41) is 2.63. The molecular weight excluding hydrogens is 386 g/mol. The third-order valence-corrected chi connectivity index (χ3v) is 6.75. The number of likely N-dealkylation sites (tertiary alicyclic amines) is 1. The van der Waals surface area contributed by atoms with Crippen molar-refractivity contribution in [1.82, 2.24) is 9.62 Å². The molecule has 2 aromatic carbocycles. The topological polar surface area (TPSA) is 78.5 Å². The highest BCUT2D eigenvalue weighted by atomic mass is 32.2. The fraction of sp³-hybridized carbons (Fsp3) is 0.409. The Kier molecular flexibility index (Phi) is 7.41. The van der Waals surface area contributed by atoms with E-state index in [0.29, 0.717) is 18.2 Å². The molecule has 0 atom stereocenters. The number of amides is 1. The van der Waals surface area contributed by atoms with E-state index >= 15 is 0 Å². The van der Waals surface area contributed by atoms with Crippen LogP contribution in [0.15, 0.2) is 59.5 Å². The summed E-state index contributed by atoms with van der Waals surface area (Å²) in [7, 11) is -3.54. The molecule has 0 aromatic heterocycles. The Morgan fingerprint density at radius 2 is 1.69 bits per heavy atom. The molecule has 1 fully saturated rings. The van der Waals surface area contributed by atoms with Gasteiger partial charge in [-0.15, -0.1) is 0 Å². The first kappa shape index (κ1) is 21.5. The Morgan fingerprint density at radius 1 is 1.03 bits per heavy atom. The van der Waals surface area contributed by atoms with Gasteiger partial charge < -0.3 is 10.2 Å². The van der Waals surface area contributed by atoms with Crippen LogP contribution in [0.25, 0.3) is 0 Å². The largest absolute Gasteiger partial charge is 0.326 e. The van der Waals surface area contributed by atoms with Gasteiger partial charge in [-0.1, -0.05) is 30.3 Å². The van der Waals surface area contributed by atoms with Gasteiger partial charge in [0, 0.05) is 25.7 Å². The molecule has 0 radical (unpaired) electrons. The van der Waals surface area contributed by atoms with E-state index in [1.54, 1.807) is 12.1 Å². The van der Waals surface area contributed by atoms with Crippen LogP contribution in [0.5, 0.6) is 0 Å². The molecular formula is C22H29N3O3S. The average molecular weight is 416 g/mol. The lowest BCUT2D eigenvalue weighted by Gasteiger charge is -2.32. The first-order valence-corrected chi connectivity index (χ1v) is 11.5. The van der Waals surface area contributed by atoms with E-state index in [0.717, 1.165) is 38.9 Å². The van der Waals surface area contributed by atoms with Crippen LogP contribution in [-0.4, -0.2) is 45.4 Å². The molecule has 1 aliphatic heterocycles. The van der Waals surface area contributed by atoms with Gasteiger partial charge in [-0.2, -0.15) is 0 Å². The Hall–Kier alpha value is -2.22. The number of nitrogens with zero attached hydrogens (tertiary/aromatic N) is 1. The van der Waals surface area contributed by atoms with Crippen LogP contribution in [0, 0.1) is 5.92 Å². The van der Waals surface area contributed by atoms with Crippen molar-refractivity contribution in [3.8, 4) is 0 Å². The summed E-state index contributed by atoms with van der Waals surface area (Å²) in [6.07, 6.45) is 3.05. The summed E-state index contributed by atoms with van der Waals surface area (Å²) in [6, 6.07) is 16.7. The summed E-state index contributed by atoms with van der Waals surface area (Å²) in [4.78, 5) is 13.7. The Bertz CT molecular complexity index is 891. The third kappa shape index (κ3) is 6.66. The first-order valence-electron chi connectivity index (χ1n) is 10.1. The summed E-state index contributed by atoms with van der Waals surface area (Å²) in [6.45, 7) is 4.93. The predicted octanol–water partition coefficient (Wildman–Crippen LogP) is 2.88. The third-order valence-electron chi connectivity index (χ3n) is 5.31. The van der Waals surface area contributed by atoms with Crippen molar-refractivity contribution in [2.45, 2.75) is 31.1 Å². The van der Waals surface area contributed by atoms with Crippen LogP contribution in [0.1, 0.15) is 25.3 Å². The Morgan fingerprint density at radius 3 is 2.31 bits per heavy atom. The summed E-state index contributed by atoms with van der Waals surface area (Å²) in [5.41, 5.74) is 1.94. The monoisotopic (exact) mass is 415 g/mol. The first-order chi connectivity index (χ1) is 13.9. The number of carbonyl (C=O) groups is 1. The molecule has 0 bridgehead atoms. The van der Waals surface area contributed by atoms with Crippen LogP contribution in [-0.2, 0) is 21.2 Å². The maximum absolute atomic E-state index is 12.5. The van der Waals surface area contributed by atoms with E-state index in [2.05, 4.69) is 39.2 Å². The molecule has 1 saturated heterocycles. The molecule has 2 aromatic rings. The number of carbonyl (C=O) groups excluding carboxylic acids is 1. The highest BCUT2D eigenvalue weighted by molar-refractivity contribution is 7.89. The van der Waals surface area contributed by atoms with Crippen molar-refractivity contribution in [3.63, 3.8) is 0 Å². The number of piperidine rings is 1. The quantitative estimate of drug-likeness (QED) is 0.695. The zero-order valence-corrected chi connectivity index (χ0v) is 17.6. The van der Waals surface area contributed by atoms with Crippen molar-refractivity contribution >= 4 is 21.6 Å². The van der Waals surface area contributed by atoms with Crippen molar-refractivity contribution < 1.29 is 13.2 Å². The van der Waals surface area contributed by atoms with E-state index in [1.807, 2.05) is 6.07 Å². The number of hydrogen-bond acceptors (Lipinski definition) is 4. The van der Waals surface area contributed by atoms with Gasteiger partial charge >= 0.3 is 0 Å². The highest BCUT2D eigenvalue weighted by Crippen LogP contribution is 2.19. The molecule has 6 nitrogen and oxygen atoms in total. The lowest BCUT2D eigenvalue weighted by molar-refractivity contribution is -0.114. The van der Waals surface area contributed by atoms with Gasteiger partial charge in [-0.05, 0) is 68.1 Å². The second-order valence-electron chi connectivity index (χ2n) is 7.58. The number of rotatable bonds is 8. The Labute approximate surface area is 173 Å². The van der Waals surface area contributed by atoms with Crippen molar-refractivity contribution in [3.05, 3.63) is 60.2 Å². The van der Waals surface area contributed by atoms with Gasteiger partial charge in [0.15, 0.2) is 0 Å². The number of benzene rings is 2. The van der Waals surface area contributed by atoms with Gasteiger partial charge in [0.1, 0.15) is 0 Å². The minimum Gasteiger partial charge on any atom is -0.326 e. The van der Waals surface area contributed by atoms with Gasteiger partial charge in [0.05, 0.1) is 4.90 Å². The fourth-order valence-electron chi connectivity index (χ4n) is 3.58. The maximum Gasteiger partial charge on any atom is 0.240 e. The van der Waals surface area contributed by atoms with Gasteiger partial charge in [0.25, 0.3) is 0 Å². The molecule has 1 heterocycles. The maximum atomic E-state index is 12.5. The highest BCUT2D eigenvalue weighted by Gasteiger charge is 2.22. The molecule has 0 aliphatic carbocycles. The predicted molar refractivity (Wildman–Crippen MR) is 115 cm³/mol. The molecule has 29 heavy (non-hydrogen) atoms. The van der Waals surface area contributed by atoms with Crippen molar-refractivity contribution in [2.75, 3.05) is 31.5 Å². The molecule has 0 saturated carbocycles. The van der Waals surface area contributed by atoms with Crippen LogP contribution >= 0.6 is 0 Å². The molecule has 156 valence electrons. The summed E-state index contributed by atoms with van der Waals surface area (Å²) >= 11 is 0. The van der Waals surface area contributed by atoms with Crippen LogP contribution < -0.4 is 10.0 Å². The molecule has 1 aliphatic rings.